The number of aromatic nitrogens is 3. The molecule has 0 bridgehead atoms. The Morgan fingerprint density at radius 2 is 2.03 bits per heavy atom. The van der Waals surface area contributed by atoms with Crippen LogP contribution in [0.4, 0.5) is 0 Å². The Hall–Kier alpha value is -3.25. The normalized spacial score (nSPS) is 15.1. The number of benzene rings is 1. The number of nitrogens with one attached hydrogen (secondary N) is 1. The van der Waals surface area contributed by atoms with Crippen LogP contribution in [0.5, 0.6) is 5.75 Å². The van der Waals surface area contributed by atoms with Crippen molar-refractivity contribution in [2.24, 2.45) is 0 Å². The second-order valence-corrected chi connectivity index (χ2v) is 7.52. The molecule has 3 heterocycles. The lowest BCUT2D eigenvalue weighted by molar-refractivity contribution is 0.200. The van der Waals surface area contributed by atoms with E-state index in [4.69, 9.17) is 9.72 Å². The molecule has 0 unspecified atom stereocenters. The van der Waals surface area contributed by atoms with Crippen LogP contribution in [0.25, 0.3) is 11.4 Å². The second kappa shape index (κ2) is 9.50. The fourth-order valence-electron chi connectivity index (χ4n) is 3.88. The van der Waals surface area contributed by atoms with Crippen LogP contribution in [0, 0.1) is 0 Å². The number of H-pyrrole nitrogens is 1. The van der Waals surface area contributed by atoms with E-state index in [-0.39, 0.29) is 11.5 Å². The molecule has 1 N–H and O–H groups in total. The first-order valence-electron chi connectivity index (χ1n) is 10.3. The molecule has 0 spiro atoms. The predicted octanol–water partition coefficient (Wildman–Crippen LogP) is 3.78. The van der Waals surface area contributed by atoms with Crippen LogP contribution in [0.1, 0.15) is 30.0 Å². The Morgan fingerprint density at radius 3 is 2.80 bits per heavy atom. The topological polar surface area (TPSA) is 71.1 Å². The van der Waals surface area contributed by atoms with Gasteiger partial charge in [0.05, 0.1) is 5.69 Å². The monoisotopic (exact) mass is 402 g/mol. The third-order valence-corrected chi connectivity index (χ3v) is 5.43. The van der Waals surface area contributed by atoms with E-state index in [0.717, 1.165) is 49.5 Å². The van der Waals surface area contributed by atoms with E-state index in [9.17, 15) is 4.79 Å². The molecule has 6 heteroatoms. The van der Waals surface area contributed by atoms with E-state index in [0.29, 0.717) is 12.4 Å². The van der Waals surface area contributed by atoms with Gasteiger partial charge < -0.3 is 9.72 Å². The molecule has 1 aromatic carbocycles. The Bertz CT molecular complexity index is 1040. The Morgan fingerprint density at radius 1 is 1.20 bits per heavy atom. The van der Waals surface area contributed by atoms with E-state index in [2.05, 4.69) is 27.5 Å². The highest BCUT2D eigenvalue weighted by Gasteiger charge is 2.23. The lowest BCUT2D eigenvalue weighted by atomic mass is 9.93. The molecule has 4 rings (SSSR count). The largest absolute Gasteiger partial charge is 0.489 e. The first kappa shape index (κ1) is 20.0. The standard InChI is InChI=1S/C24H26N4O2/c1-2-14-30-22-8-4-3-6-20(22)17-28-12-9-18(10-13-28)21-15-23(29)27-24(26-21)19-7-5-11-25-16-19/h2-8,11,15-16,18H,1,9-10,12-14,17H2,(H,26,27,29). The summed E-state index contributed by atoms with van der Waals surface area (Å²) in [7, 11) is 0. The molecule has 154 valence electrons. The van der Waals surface area contributed by atoms with Crippen LogP contribution in [0.2, 0.25) is 0 Å². The minimum Gasteiger partial charge on any atom is -0.489 e. The molecule has 0 amide bonds. The van der Waals surface area contributed by atoms with Crippen molar-refractivity contribution in [2.75, 3.05) is 19.7 Å². The number of nitrogens with zero attached hydrogens (tertiary/aromatic N) is 3. The van der Waals surface area contributed by atoms with Gasteiger partial charge in [0.15, 0.2) is 0 Å². The van der Waals surface area contributed by atoms with Gasteiger partial charge in [-0.05, 0) is 44.1 Å². The molecule has 6 nitrogen and oxygen atoms in total. The molecule has 1 aliphatic rings. The average molecular weight is 402 g/mol. The van der Waals surface area contributed by atoms with E-state index in [1.807, 2.05) is 30.3 Å². The molecule has 3 aromatic rings. The fraction of sp³-hybridized carbons (Fsp3) is 0.292. The molecule has 1 fully saturated rings. The SMILES string of the molecule is C=CCOc1ccccc1CN1CCC(c2cc(=O)[nH]c(-c3cccnc3)n2)CC1. The van der Waals surface area contributed by atoms with Crippen molar-refractivity contribution in [3.8, 4) is 17.1 Å². The summed E-state index contributed by atoms with van der Waals surface area (Å²) in [6.07, 6.45) is 7.13. The van der Waals surface area contributed by atoms with Crippen LogP contribution in [0.15, 0.2) is 72.3 Å². The minimum absolute atomic E-state index is 0.116. The highest BCUT2D eigenvalue weighted by molar-refractivity contribution is 5.52. The van der Waals surface area contributed by atoms with Gasteiger partial charge in [-0.25, -0.2) is 4.98 Å². The zero-order chi connectivity index (χ0) is 20.8. The van der Waals surface area contributed by atoms with Crippen molar-refractivity contribution in [1.82, 2.24) is 19.9 Å². The summed E-state index contributed by atoms with van der Waals surface area (Å²) in [6.45, 7) is 6.99. The van der Waals surface area contributed by atoms with Crippen LogP contribution in [-0.2, 0) is 6.54 Å². The molecule has 0 aliphatic carbocycles. The first-order chi connectivity index (χ1) is 14.7. The Labute approximate surface area is 176 Å². The van der Waals surface area contributed by atoms with Gasteiger partial charge in [0.1, 0.15) is 18.2 Å². The van der Waals surface area contributed by atoms with Crippen LogP contribution in [0.3, 0.4) is 0 Å². The van der Waals surface area contributed by atoms with Crippen molar-refractivity contribution in [2.45, 2.75) is 25.3 Å². The van der Waals surface area contributed by atoms with Crippen molar-refractivity contribution in [3.63, 3.8) is 0 Å². The third kappa shape index (κ3) is 4.83. The van der Waals surface area contributed by atoms with Gasteiger partial charge in [0.2, 0.25) is 0 Å². The Balaban J connectivity index is 1.43. The molecule has 30 heavy (non-hydrogen) atoms. The molecule has 0 atom stereocenters. The second-order valence-electron chi connectivity index (χ2n) is 7.52. The van der Waals surface area contributed by atoms with Gasteiger partial charge in [-0.3, -0.25) is 14.7 Å². The quantitative estimate of drug-likeness (QED) is 0.609. The van der Waals surface area contributed by atoms with Gasteiger partial charge in [0.25, 0.3) is 5.56 Å². The van der Waals surface area contributed by atoms with E-state index in [1.54, 1.807) is 24.5 Å². The molecule has 1 saturated heterocycles. The number of hydrogen-bond acceptors (Lipinski definition) is 5. The third-order valence-electron chi connectivity index (χ3n) is 5.43. The van der Waals surface area contributed by atoms with Crippen molar-refractivity contribution in [1.29, 1.82) is 0 Å². The zero-order valence-electron chi connectivity index (χ0n) is 17.0. The molecule has 2 aromatic heterocycles. The molecule has 0 radical (unpaired) electrons. The van der Waals surface area contributed by atoms with E-state index < -0.39 is 0 Å². The zero-order valence-corrected chi connectivity index (χ0v) is 17.0. The number of aromatic amines is 1. The van der Waals surface area contributed by atoms with E-state index >= 15 is 0 Å². The summed E-state index contributed by atoms with van der Waals surface area (Å²) in [5, 5.41) is 0. The summed E-state index contributed by atoms with van der Waals surface area (Å²) in [5.41, 5.74) is 2.76. The fourth-order valence-corrected chi connectivity index (χ4v) is 3.88. The van der Waals surface area contributed by atoms with Crippen molar-refractivity contribution in [3.05, 3.63) is 89.1 Å². The molecular formula is C24H26N4O2. The first-order valence-corrected chi connectivity index (χ1v) is 10.3. The number of pyridine rings is 1. The average Bonchev–Trinajstić information content (AvgIpc) is 2.79. The maximum absolute atomic E-state index is 12.2. The number of piperidine rings is 1. The number of ether oxygens (including phenoxy) is 1. The Kier molecular flexibility index (Phi) is 6.35. The van der Waals surface area contributed by atoms with Crippen molar-refractivity contribution >= 4 is 0 Å². The molecule has 0 saturated carbocycles. The van der Waals surface area contributed by atoms with Crippen molar-refractivity contribution < 1.29 is 4.74 Å². The lowest BCUT2D eigenvalue weighted by Crippen LogP contribution is -2.33. The number of para-hydroxylation sites is 1. The van der Waals surface area contributed by atoms with E-state index in [1.165, 1.54) is 5.56 Å². The van der Waals surface area contributed by atoms with Gasteiger partial charge in [0, 0.05) is 42.0 Å². The van der Waals surface area contributed by atoms with Gasteiger partial charge in [-0.15, -0.1) is 0 Å². The maximum atomic E-state index is 12.2. The van der Waals surface area contributed by atoms with Crippen LogP contribution in [-0.4, -0.2) is 39.5 Å². The maximum Gasteiger partial charge on any atom is 0.251 e. The number of hydrogen-bond donors (Lipinski definition) is 1. The molecular weight excluding hydrogens is 376 g/mol. The van der Waals surface area contributed by atoms with Crippen LogP contribution >= 0.6 is 0 Å². The highest BCUT2D eigenvalue weighted by Crippen LogP contribution is 2.29. The summed E-state index contributed by atoms with van der Waals surface area (Å²) in [4.78, 5) is 26.3. The summed E-state index contributed by atoms with van der Waals surface area (Å²) in [6, 6.07) is 13.5. The number of likely N-dealkylation sites (tertiary alicyclic amines) is 1. The minimum atomic E-state index is -0.116. The smallest absolute Gasteiger partial charge is 0.251 e. The van der Waals surface area contributed by atoms with Crippen LogP contribution < -0.4 is 10.3 Å². The predicted molar refractivity (Wildman–Crippen MR) is 117 cm³/mol. The number of rotatable bonds is 7. The summed E-state index contributed by atoms with van der Waals surface area (Å²) in [5.74, 6) is 1.78. The van der Waals surface area contributed by atoms with Gasteiger partial charge in [-0.1, -0.05) is 30.9 Å². The highest BCUT2D eigenvalue weighted by atomic mass is 16.5. The summed E-state index contributed by atoms with van der Waals surface area (Å²) >= 11 is 0. The summed E-state index contributed by atoms with van der Waals surface area (Å²) < 4.78 is 5.79. The molecule has 1 aliphatic heterocycles. The van der Waals surface area contributed by atoms with Gasteiger partial charge in [-0.2, -0.15) is 0 Å². The lowest BCUT2D eigenvalue weighted by Gasteiger charge is -2.32. The van der Waals surface area contributed by atoms with Gasteiger partial charge >= 0.3 is 0 Å².